The van der Waals surface area contributed by atoms with Crippen molar-refractivity contribution in [1.29, 1.82) is 0 Å². The van der Waals surface area contributed by atoms with Gasteiger partial charge < -0.3 is 126 Å². The second kappa shape index (κ2) is 58.7. The van der Waals surface area contributed by atoms with Gasteiger partial charge in [-0.2, -0.15) is 0 Å². The number of rotatable bonds is 34. The Morgan fingerprint density at radius 2 is 0.555 bits per heavy atom. The zero-order chi connectivity index (χ0) is 98.7. The van der Waals surface area contributed by atoms with Crippen molar-refractivity contribution in [3.8, 4) is 0 Å². The second-order valence-corrected chi connectivity index (χ2v) is 38.3. The predicted molar refractivity (Wildman–Crippen MR) is 539 cm³/mol. The summed E-state index contributed by atoms with van der Waals surface area (Å²) in [5.74, 6) is 0.142. The van der Waals surface area contributed by atoms with Gasteiger partial charge in [-0.1, -0.05) is 0 Å². The van der Waals surface area contributed by atoms with E-state index >= 15 is 0 Å². The largest absolute Gasteiger partial charge is 0.380 e. The lowest BCUT2D eigenvalue weighted by molar-refractivity contribution is -0.120. The number of nitrogens with zero attached hydrogens (tertiary/aromatic N) is 13. The summed E-state index contributed by atoms with van der Waals surface area (Å²) in [6, 6.07) is 35.4. The molecule has 6 aromatic carbocycles. The fourth-order valence-electron chi connectivity index (χ4n) is 16.4. The van der Waals surface area contributed by atoms with Crippen LogP contribution in [0.25, 0.3) is 0 Å². The van der Waals surface area contributed by atoms with Crippen LogP contribution in [0.15, 0.2) is 109 Å². The van der Waals surface area contributed by atoms with Gasteiger partial charge in [0.05, 0.1) is 190 Å². The maximum atomic E-state index is 12.7. The number of sulfonamides is 2. The molecule has 0 aromatic heterocycles. The van der Waals surface area contributed by atoms with Crippen molar-refractivity contribution >= 4 is 112 Å². The molecule has 0 aliphatic carbocycles. The normalized spacial score (nSPS) is 16.8. The number of amides is 4. The van der Waals surface area contributed by atoms with Gasteiger partial charge in [-0.25, -0.2) is 16.8 Å². The molecule has 137 heavy (non-hydrogen) atoms. The Balaban J connectivity index is 0.000000185. The van der Waals surface area contributed by atoms with Crippen molar-refractivity contribution < 1.29 is 102 Å². The average Bonchev–Trinajstić information content (AvgIpc) is 0.869. The van der Waals surface area contributed by atoms with E-state index in [2.05, 4.69) is 78.8 Å². The van der Waals surface area contributed by atoms with Crippen LogP contribution in [0.4, 0.5) is 68.2 Å². The van der Waals surface area contributed by atoms with E-state index in [1.165, 1.54) is 10.6 Å². The smallest absolute Gasteiger partial charge is 0.240 e. The van der Waals surface area contributed by atoms with Gasteiger partial charge in [-0.15, -0.1) is 0 Å². The van der Waals surface area contributed by atoms with Crippen LogP contribution in [-0.4, -0.2) is 401 Å². The van der Waals surface area contributed by atoms with Crippen LogP contribution >= 0.6 is 0 Å². The molecule has 0 unspecified atom stereocenters. The maximum absolute atomic E-state index is 12.7. The summed E-state index contributed by atoms with van der Waals surface area (Å²) >= 11 is 0. The average molecular weight is 1960 g/mol. The molecule has 0 atom stereocenters. The molecule has 0 spiro atoms. The lowest BCUT2D eigenvalue weighted by atomic mass is 10.1. The van der Waals surface area contributed by atoms with Gasteiger partial charge in [0.25, 0.3) is 0 Å². The highest BCUT2D eigenvalue weighted by Crippen LogP contribution is 2.34. The number of methoxy groups -OCH3 is 6. The van der Waals surface area contributed by atoms with E-state index in [4.69, 9.17) is 66.3 Å². The van der Waals surface area contributed by atoms with Crippen molar-refractivity contribution in [2.75, 3.05) is 400 Å². The Labute approximate surface area is 811 Å². The molecule has 762 valence electrons. The Bertz CT molecular complexity index is 4890. The van der Waals surface area contributed by atoms with Gasteiger partial charge in [-0.3, -0.25) is 38.0 Å². The summed E-state index contributed by atoms with van der Waals surface area (Å²) in [5.41, 5.74) is 17.6. The van der Waals surface area contributed by atoms with E-state index < -0.39 is 20.0 Å². The zero-order valence-corrected chi connectivity index (χ0v) is 84.8. The Kier molecular flexibility index (Phi) is 47.8. The van der Waals surface area contributed by atoms with Gasteiger partial charge in [0.2, 0.25) is 43.7 Å². The van der Waals surface area contributed by atoms with Crippen molar-refractivity contribution in [1.82, 2.24) is 19.6 Å². The number of benzene rings is 6. The molecular weight excluding hydrogens is 1810 g/mol. The predicted octanol–water partition coefficient (Wildman–Crippen LogP) is 6.38. The first-order valence-corrected chi connectivity index (χ1v) is 50.4. The fraction of sp³-hybridized carbons (Fsp3) is 0.588. The lowest BCUT2D eigenvalue weighted by Gasteiger charge is -2.31. The Morgan fingerprint density at radius 3 is 0.847 bits per heavy atom. The van der Waals surface area contributed by atoms with E-state index in [9.17, 15) is 36.0 Å². The molecule has 6 aromatic rings. The molecule has 14 rings (SSSR count). The third kappa shape index (κ3) is 37.4. The van der Waals surface area contributed by atoms with Gasteiger partial charge >= 0.3 is 0 Å². The van der Waals surface area contributed by atoms with Gasteiger partial charge in [-0.05, 0) is 137 Å². The quantitative estimate of drug-likeness (QED) is 0.0395. The highest BCUT2D eigenvalue weighted by molar-refractivity contribution is 7.92. The maximum Gasteiger partial charge on any atom is 0.240 e. The fourth-order valence-corrected chi connectivity index (χ4v) is 17.4. The number of anilines is 12. The number of carbonyl (C=O) groups is 4. The molecule has 8 saturated heterocycles. The van der Waals surface area contributed by atoms with Crippen LogP contribution in [-0.2, 0) is 145 Å². The van der Waals surface area contributed by atoms with Gasteiger partial charge in [0.15, 0.2) is 0 Å². The third-order valence-corrected chi connectivity index (χ3v) is 25.2. The molecule has 3 N–H and O–H groups in total. The summed E-state index contributed by atoms with van der Waals surface area (Å²) in [5, 5.41) is 5.92. The molecule has 0 bridgehead atoms. The number of carbonyl (C=O) groups excluding carboxylic acids is 4. The number of morpholine rings is 8. The molecule has 4 amide bonds. The first-order chi connectivity index (χ1) is 66.0. The van der Waals surface area contributed by atoms with Gasteiger partial charge in [0, 0.05) is 264 Å². The zero-order valence-electron chi connectivity index (χ0n) is 83.2. The second-order valence-electron chi connectivity index (χ2n) is 34.5. The monoisotopic (exact) mass is 1960 g/mol. The molecule has 38 nitrogen and oxygen atoms in total. The molecule has 8 aliphatic rings. The van der Waals surface area contributed by atoms with E-state index in [0.29, 0.717) is 130 Å². The Hall–Kier alpha value is -9.22. The number of ether oxygens (including phenoxy) is 14. The van der Waals surface area contributed by atoms with E-state index in [1.54, 1.807) is 65.6 Å². The van der Waals surface area contributed by atoms with Crippen molar-refractivity contribution in [2.24, 2.45) is 0 Å². The van der Waals surface area contributed by atoms with E-state index in [0.717, 1.165) is 254 Å². The lowest BCUT2D eigenvalue weighted by Crippen LogP contribution is -2.43. The van der Waals surface area contributed by atoms with E-state index in [1.807, 2.05) is 131 Å². The molecule has 0 saturated carbocycles. The summed E-state index contributed by atoms with van der Waals surface area (Å²) in [7, 11) is 16.2. The summed E-state index contributed by atoms with van der Waals surface area (Å²) in [6.45, 7) is 29.6. The minimum absolute atomic E-state index is 0.00406. The first-order valence-electron chi connectivity index (χ1n) is 46.6. The minimum Gasteiger partial charge on any atom is -0.380 e. The van der Waals surface area contributed by atoms with E-state index in [-0.39, 0.29) is 23.6 Å². The topological polar surface area (TPSA) is 344 Å². The summed E-state index contributed by atoms with van der Waals surface area (Å²) in [6.07, 6.45) is 2.33. The highest BCUT2D eigenvalue weighted by Gasteiger charge is 2.27. The molecule has 8 aliphatic heterocycles. The summed E-state index contributed by atoms with van der Waals surface area (Å²) in [4.78, 5) is 74.1. The van der Waals surface area contributed by atoms with Crippen LogP contribution < -0.4 is 58.9 Å². The number of nitrogens with one attached hydrogen (secondary N) is 3. The number of hydrogen-bond donors (Lipinski definition) is 3. The van der Waals surface area contributed by atoms with Crippen molar-refractivity contribution in [2.45, 2.75) is 39.6 Å². The van der Waals surface area contributed by atoms with Crippen LogP contribution in [0, 0.1) is 0 Å². The van der Waals surface area contributed by atoms with Crippen LogP contribution in [0.2, 0.25) is 0 Å². The van der Waals surface area contributed by atoms with Crippen LogP contribution in [0.3, 0.4) is 0 Å². The molecule has 8 fully saturated rings. The molecule has 8 heterocycles. The highest BCUT2D eigenvalue weighted by atomic mass is 32.2. The molecule has 40 heteroatoms. The standard InChI is InChI=1S/C19H29N3O4.C18H27N3O4.C17H27N3O3.C16H25N3O3.C14H22N2O4S.C13H20N2O4S/c1-20(19(23)14-21-5-9-25-10-6-21)17-3-4-18(16(13-17)15-24-2)22-7-11-26-12-8-22;1-23-14-15-12-16(2-3-17(15)21-6-10-25-11-7-21)19-18(22)13-20-4-8-24-9-5-20;1-18(2)12-17(21)19(3)15-5-6-16(14(11-15)13-22-4)20-7-9-23-10-8-20;1-18(2)11-16(20)17-14-4-5-15(13(10-14)12-21-3)19-6-8-22-9-7-19;1-15(21(3,17)18)13-4-5-14(12(10-13)11-19-2)16-6-8-20-9-7-16;1-18-10-11-9-12(14-20(2,16)17)3-4-13(11)15-5-7-19-8-6-15/h3-4,13H,5-12,14-15H2,1-2H3;2-3,12H,4-11,13-14H2,1H3,(H,19,22);5-6,11H,7-10,12-13H2,1-4H3;4-5,10H,6-9,11-12H2,1-3H3,(H,17,20);4-5,10H,6-9,11H2,1-3H3;3-4,9,14H,5-8,10H2,1-2H3. The summed E-state index contributed by atoms with van der Waals surface area (Å²) < 4.78 is 125. The SMILES string of the molecule is COCc1cc(N(C)C(=O)CN(C)C)ccc1N1CCOCC1.COCc1cc(N(C)C(=O)CN2CCOCC2)ccc1N1CCOCC1.COCc1cc(N(C)S(C)(=O)=O)ccc1N1CCOCC1.COCc1cc(NC(=O)CN(C)C)ccc1N1CCOCC1.COCc1cc(NC(=O)CN2CCOCC2)ccc1N1CCOCC1.COCc1cc(NS(C)(=O)=O)ccc1N1CCOCC1. The molecular formula is C97H150N16O22S2. The van der Waals surface area contributed by atoms with Crippen molar-refractivity contribution in [3.63, 3.8) is 0 Å². The Morgan fingerprint density at radius 1 is 0.307 bits per heavy atom. The number of hydrogen-bond acceptors (Lipinski definition) is 32. The number of likely N-dealkylation sites (N-methyl/N-ethyl adjacent to an activating group) is 4. The first kappa shape index (κ1) is 111. The third-order valence-electron chi connectivity index (χ3n) is 23.4. The van der Waals surface area contributed by atoms with Crippen molar-refractivity contribution in [3.05, 3.63) is 143 Å². The minimum atomic E-state index is -3.27. The van der Waals surface area contributed by atoms with Gasteiger partial charge in [0.1, 0.15) is 0 Å². The van der Waals surface area contributed by atoms with Crippen LogP contribution in [0.1, 0.15) is 33.4 Å². The van der Waals surface area contributed by atoms with Crippen LogP contribution in [0.5, 0.6) is 0 Å². The molecule has 0 radical (unpaired) electrons.